The third kappa shape index (κ3) is 7.10. The standard InChI is InChI=1S/C21H23N3O5/c1-14(20(27)23-24-21(28)17-11-7-4-8-12-17)29-19(26)13-18(22-15(2)25)16-9-5-3-6-10-16/h3-12,14,18H,13H2,1-2H3,(H,22,25)(H,23,27)(H,24,28)/t14-,18+/m0/s1. The van der Waals surface area contributed by atoms with E-state index < -0.39 is 29.9 Å². The van der Waals surface area contributed by atoms with Gasteiger partial charge < -0.3 is 10.1 Å². The van der Waals surface area contributed by atoms with Crippen LogP contribution in [0.4, 0.5) is 0 Å². The lowest BCUT2D eigenvalue weighted by molar-refractivity contribution is -0.155. The van der Waals surface area contributed by atoms with Crippen LogP contribution >= 0.6 is 0 Å². The van der Waals surface area contributed by atoms with Gasteiger partial charge in [-0.15, -0.1) is 0 Å². The third-order valence-corrected chi connectivity index (χ3v) is 3.96. The maximum Gasteiger partial charge on any atom is 0.309 e. The zero-order chi connectivity index (χ0) is 21.2. The van der Waals surface area contributed by atoms with Gasteiger partial charge in [0.2, 0.25) is 5.91 Å². The number of benzene rings is 2. The number of esters is 1. The Balaban J connectivity index is 1.87. The summed E-state index contributed by atoms with van der Waals surface area (Å²) >= 11 is 0. The normalized spacial score (nSPS) is 12.2. The van der Waals surface area contributed by atoms with Crippen molar-refractivity contribution in [1.82, 2.24) is 16.2 Å². The van der Waals surface area contributed by atoms with Crippen LogP contribution in [-0.2, 0) is 19.1 Å². The van der Waals surface area contributed by atoms with Gasteiger partial charge in [-0.3, -0.25) is 30.0 Å². The lowest BCUT2D eigenvalue weighted by atomic mass is 10.0. The van der Waals surface area contributed by atoms with Crippen molar-refractivity contribution < 1.29 is 23.9 Å². The lowest BCUT2D eigenvalue weighted by Crippen LogP contribution is -2.46. The molecule has 2 aromatic rings. The summed E-state index contributed by atoms with van der Waals surface area (Å²) in [6.45, 7) is 2.74. The number of carbonyl (C=O) groups is 4. The first-order valence-corrected chi connectivity index (χ1v) is 9.03. The van der Waals surface area contributed by atoms with Crippen molar-refractivity contribution in [2.45, 2.75) is 32.4 Å². The van der Waals surface area contributed by atoms with Crippen LogP contribution in [0.15, 0.2) is 60.7 Å². The van der Waals surface area contributed by atoms with Crippen molar-refractivity contribution in [1.29, 1.82) is 0 Å². The van der Waals surface area contributed by atoms with Crippen molar-refractivity contribution in [2.75, 3.05) is 0 Å². The summed E-state index contributed by atoms with van der Waals surface area (Å²) in [7, 11) is 0. The largest absolute Gasteiger partial charge is 0.452 e. The molecule has 3 N–H and O–H groups in total. The number of hydrazine groups is 1. The summed E-state index contributed by atoms with van der Waals surface area (Å²) in [6.07, 6.45) is -1.27. The van der Waals surface area contributed by atoms with Gasteiger partial charge in [-0.1, -0.05) is 48.5 Å². The molecule has 2 rings (SSSR count). The second kappa shape index (κ2) is 10.6. The summed E-state index contributed by atoms with van der Waals surface area (Å²) in [6, 6.07) is 16.7. The molecule has 0 unspecified atom stereocenters. The highest BCUT2D eigenvalue weighted by Gasteiger charge is 2.22. The van der Waals surface area contributed by atoms with Gasteiger partial charge in [0.05, 0.1) is 12.5 Å². The molecule has 0 aliphatic carbocycles. The minimum Gasteiger partial charge on any atom is -0.452 e. The summed E-state index contributed by atoms with van der Waals surface area (Å²) in [5.41, 5.74) is 5.59. The first kappa shape index (κ1) is 21.6. The number of amides is 3. The molecule has 0 spiro atoms. The predicted octanol–water partition coefficient (Wildman–Crippen LogP) is 1.65. The fraction of sp³-hybridized carbons (Fsp3) is 0.238. The molecule has 152 valence electrons. The molecule has 0 radical (unpaired) electrons. The highest BCUT2D eigenvalue weighted by atomic mass is 16.5. The fourth-order valence-electron chi connectivity index (χ4n) is 2.53. The summed E-state index contributed by atoms with van der Waals surface area (Å²) < 4.78 is 5.13. The summed E-state index contributed by atoms with van der Waals surface area (Å²) in [5.74, 6) is -2.13. The zero-order valence-electron chi connectivity index (χ0n) is 16.2. The SMILES string of the molecule is CC(=O)N[C@H](CC(=O)O[C@@H](C)C(=O)NNC(=O)c1ccccc1)c1ccccc1. The molecule has 0 bridgehead atoms. The van der Waals surface area contributed by atoms with E-state index in [2.05, 4.69) is 16.2 Å². The molecule has 2 aromatic carbocycles. The van der Waals surface area contributed by atoms with E-state index in [1.54, 1.807) is 54.6 Å². The van der Waals surface area contributed by atoms with Crippen LogP contribution in [-0.4, -0.2) is 29.8 Å². The van der Waals surface area contributed by atoms with Gasteiger partial charge in [-0.05, 0) is 24.6 Å². The van der Waals surface area contributed by atoms with Crippen molar-refractivity contribution in [2.24, 2.45) is 0 Å². The smallest absolute Gasteiger partial charge is 0.309 e. The number of nitrogens with one attached hydrogen (secondary N) is 3. The molecule has 8 nitrogen and oxygen atoms in total. The quantitative estimate of drug-likeness (QED) is 0.486. The maximum atomic E-state index is 12.2. The van der Waals surface area contributed by atoms with Crippen LogP contribution < -0.4 is 16.2 Å². The second-order valence-electron chi connectivity index (χ2n) is 6.31. The molecular weight excluding hydrogens is 374 g/mol. The van der Waals surface area contributed by atoms with E-state index in [4.69, 9.17) is 4.74 Å². The summed E-state index contributed by atoms with van der Waals surface area (Å²) in [4.78, 5) is 47.7. The Morgan fingerprint density at radius 1 is 0.897 bits per heavy atom. The Morgan fingerprint density at radius 3 is 2.07 bits per heavy atom. The minimum absolute atomic E-state index is 0.141. The van der Waals surface area contributed by atoms with Crippen molar-refractivity contribution in [3.05, 3.63) is 71.8 Å². The van der Waals surface area contributed by atoms with Crippen LogP contribution in [0.25, 0.3) is 0 Å². The number of hydrogen-bond donors (Lipinski definition) is 3. The Bertz CT molecular complexity index is 855. The first-order chi connectivity index (χ1) is 13.9. The topological polar surface area (TPSA) is 114 Å². The lowest BCUT2D eigenvalue weighted by Gasteiger charge is -2.19. The van der Waals surface area contributed by atoms with E-state index >= 15 is 0 Å². The van der Waals surface area contributed by atoms with E-state index in [0.717, 1.165) is 5.56 Å². The Labute approximate surface area is 168 Å². The van der Waals surface area contributed by atoms with Crippen LogP contribution in [0.3, 0.4) is 0 Å². The van der Waals surface area contributed by atoms with Gasteiger partial charge in [0, 0.05) is 12.5 Å². The van der Waals surface area contributed by atoms with Gasteiger partial charge >= 0.3 is 5.97 Å². The van der Waals surface area contributed by atoms with Gasteiger partial charge in [-0.25, -0.2) is 0 Å². The molecule has 0 aliphatic heterocycles. The van der Waals surface area contributed by atoms with Crippen molar-refractivity contribution in [3.8, 4) is 0 Å². The summed E-state index contributed by atoms with van der Waals surface area (Å²) in [5, 5.41) is 2.69. The van der Waals surface area contributed by atoms with Crippen LogP contribution in [0.2, 0.25) is 0 Å². The zero-order valence-corrected chi connectivity index (χ0v) is 16.2. The number of rotatable bonds is 7. The van der Waals surface area contributed by atoms with E-state index in [-0.39, 0.29) is 12.3 Å². The predicted molar refractivity (Wildman–Crippen MR) is 105 cm³/mol. The van der Waals surface area contributed by atoms with Gasteiger partial charge in [0.25, 0.3) is 11.8 Å². The van der Waals surface area contributed by atoms with Crippen molar-refractivity contribution in [3.63, 3.8) is 0 Å². The molecule has 29 heavy (non-hydrogen) atoms. The Hall–Kier alpha value is -3.68. The number of hydrogen-bond acceptors (Lipinski definition) is 5. The molecule has 8 heteroatoms. The van der Waals surface area contributed by atoms with Gasteiger partial charge in [0.15, 0.2) is 6.10 Å². The monoisotopic (exact) mass is 397 g/mol. The fourth-order valence-corrected chi connectivity index (χ4v) is 2.53. The molecule has 0 aliphatic rings. The molecule has 0 heterocycles. The average molecular weight is 397 g/mol. The molecular formula is C21H23N3O5. The van der Waals surface area contributed by atoms with Crippen LogP contribution in [0, 0.1) is 0 Å². The van der Waals surface area contributed by atoms with E-state index in [9.17, 15) is 19.2 Å². The average Bonchev–Trinajstić information content (AvgIpc) is 2.72. The Kier molecular flexibility index (Phi) is 7.90. The maximum absolute atomic E-state index is 12.2. The second-order valence-corrected chi connectivity index (χ2v) is 6.31. The molecule has 0 fully saturated rings. The minimum atomic E-state index is -1.13. The van der Waals surface area contributed by atoms with E-state index in [1.165, 1.54) is 13.8 Å². The molecule has 0 saturated heterocycles. The highest BCUT2D eigenvalue weighted by Crippen LogP contribution is 2.17. The number of ether oxygens (including phenoxy) is 1. The van der Waals surface area contributed by atoms with Crippen LogP contribution in [0.1, 0.15) is 42.2 Å². The molecule has 2 atom stereocenters. The Morgan fingerprint density at radius 2 is 1.48 bits per heavy atom. The van der Waals surface area contributed by atoms with Gasteiger partial charge in [0.1, 0.15) is 0 Å². The first-order valence-electron chi connectivity index (χ1n) is 9.03. The number of carbonyl (C=O) groups excluding carboxylic acids is 4. The van der Waals surface area contributed by atoms with Gasteiger partial charge in [-0.2, -0.15) is 0 Å². The van der Waals surface area contributed by atoms with E-state index in [1.807, 2.05) is 6.07 Å². The highest BCUT2D eigenvalue weighted by molar-refractivity contribution is 5.95. The molecule has 3 amide bonds. The van der Waals surface area contributed by atoms with Crippen molar-refractivity contribution >= 4 is 23.7 Å². The molecule has 0 aromatic heterocycles. The van der Waals surface area contributed by atoms with E-state index in [0.29, 0.717) is 5.56 Å². The molecule has 0 saturated carbocycles. The van der Waals surface area contributed by atoms with Crippen LogP contribution in [0.5, 0.6) is 0 Å². The third-order valence-electron chi connectivity index (χ3n) is 3.96.